The van der Waals surface area contributed by atoms with Gasteiger partial charge in [-0.05, 0) is 19.3 Å². The maximum absolute atomic E-state index is 12.3. The molecule has 1 atom stereocenters. The second kappa shape index (κ2) is 13.1. The Morgan fingerprint density at radius 1 is 1.20 bits per heavy atom. The highest BCUT2D eigenvalue weighted by molar-refractivity contribution is 14.0. The minimum Gasteiger partial charge on any atom is -0.379 e. The van der Waals surface area contributed by atoms with Gasteiger partial charge >= 0.3 is 0 Å². The number of hydrogen-bond donors (Lipinski definition) is 2. The topological polar surface area (TPSA) is 83.0 Å². The highest BCUT2D eigenvalue weighted by Gasteiger charge is 2.23. The van der Waals surface area contributed by atoms with Gasteiger partial charge in [-0.15, -0.1) is 24.0 Å². The summed E-state index contributed by atoms with van der Waals surface area (Å²) in [7, 11) is -1.53. The molecule has 25 heavy (non-hydrogen) atoms. The number of morpholine rings is 1. The summed E-state index contributed by atoms with van der Waals surface area (Å²) < 4.78 is 31.2. The lowest BCUT2D eigenvalue weighted by molar-refractivity contribution is 0.0730. The van der Waals surface area contributed by atoms with Crippen molar-refractivity contribution in [3.8, 4) is 0 Å². The first kappa shape index (κ1) is 24.9. The summed E-state index contributed by atoms with van der Waals surface area (Å²) >= 11 is 0. The number of guanidine groups is 1. The van der Waals surface area contributed by atoms with Crippen LogP contribution < -0.4 is 10.6 Å². The molecule has 0 aromatic rings. The van der Waals surface area contributed by atoms with Crippen LogP contribution in [0.4, 0.5) is 0 Å². The van der Waals surface area contributed by atoms with Gasteiger partial charge in [-0.25, -0.2) is 8.42 Å². The van der Waals surface area contributed by atoms with E-state index >= 15 is 0 Å². The molecule has 1 saturated heterocycles. The van der Waals surface area contributed by atoms with Crippen molar-refractivity contribution in [3.63, 3.8) is 0 Å². The molecule has 7 nitrogen and oxygen atoms in total. The van der Waals surface area contributed by atoms with Crippen molar-refractivity contribution < 1.29 is 13.2 Å². The maximum Gasteiger partial charge on any atom is 0.215 e. The fourth-order valence-corrected chi connectivity index (χ4v) is 3.91. The molecule has 0 bridgehead atoms. The normalized spacial score (nSPS) is 17.9. The average molecular weight is 490 g/mol. The molecule has 0 amide bonds. The summed E-state index contributed by atoms with van der Waals surface area (Å²) in [5.74, 6) is 1.44. The molecule has 0 spiro atoms. The van der Waals surface area contributed by atoms with E-state index in [4.69, 9.17) is 4.74 Å². The molecule has 1 rings (SSSR count). The predicted octanol–water partition coefficient (Wildman–Crippen LogP) is 1.65. The second-order valence-electron chi connectivity index (χ2n) is 6.70. The zero-order chi connectivity index (χ0) is 18.0. The second-order valence-corrected chi connectivity index (χ2v) is 8.79. The maximum atomic E-state index is 12.3. The van der Waals surface area contributed by atoms with Crippen LogP contribution in [-0.4, -0.2) is 70.4 Å². The number of rotatable bonds is 9. The highest BCUT2D eigenvalue weighted by Crippen LogP contribution is 2.08. The SMILES string of the molecule is CN=C(NCCS(=O)(=O)N1CCOCC1)NC(C)CCCC(C)C.I. The minimum atomic E-state index is -3.23. The monoisotopic (exact) mass is 490 g/mol. The van der Waals surface area contributed by atoms with Gasteiger partial charge in [0, 0.05) is 32.7 Å². The average Bonchev–Trinajstić information content (AvgIpc) is 2.54. The number of halogens is 1. The number of aliphatic imine (C=N–C) groups is 1. The van der Waals surface area contributed by atoms with Crippen molar-refractivity contribution >= 4 is 40.0 Å². The first-order valence-corrected chi connectivity index (χ1v) is 10.5. The molecule has 1 aliphatic rings. The Bertz CT molecular complexity index is 480. The van der Waals surface area contributed by atoms with E-state index in [1.807, 2.05) is 0 Å². The van der Waals surface area contributed by atoms with Gasteiger partial charge in [-0.1, -0.05) is 26.7 Å². The largest absolute Gasteiger partial charge is 0.379 e. The highest BCUT2D eigenvalue weighted by atomic mass is 127. The number of ether oxygens (including phenoxy) is 1. The molecule has 1 aliphatic heterocycles. The number of sulfonamides is 1. The smallest absolute Gasteiger partial charge is 0.215 e. The zero-order valence-electron chi connectivity index (χ0n) is 16.0. The van der Waals surface area contributed by atoms with Gasteiger partial charge in [0.25, 0.3) is 0 Å². The summed E-state index contributed by atoms with van der Waals surface area (Å²) in [6, 6.07) is 0.311. The van der Waals surface area contributed by atoms with Crippen molar-refractivity contribution in [2.75, 3.05) is 45.6 Å². The third kappa shape index (κ3) is 10.6. The quantitative estimate of drug-likeness (QED) is 0.292. The molecule has 150 valence electrons. The Balaban J connectivity index is 0.00000576. The van der Waals surface area contributed by atoms with Crippen LogP contribution in [0.3, 0.4) is 0 Å². The van der Waals surface area contributed by atoms with Crippen LogP contribution in [0, 0.1) is 5.92 Å². The Morgan fingerprint density at radius 2 is 1.84 bits per heavy atom. The van der Waals surface area contributed by atoms with Crippen LogP contribution in [0.1, 0.15) is 40.0 Å². The van der Waals surface area contributed by atoms with Crippen molar-refractivity contribution in [3.05, 3.63) is 0 Å². The molecule has 1 fully saturated rings. The lowest BCUT2D eigenvalue weighted by atomic mass is 10.0. The van der Waals surface area contributed by atoms with Crippen LogP contribution in [0.15, 0.2) is 4.99 Å². The summed E-state index contributed by atoms with van der Waals surface area (Å²) in [6.45, 7) is 8.77. The Hall–Kier alpha value is -0.130. The molecule has 9 heteroatoms. The Labute approximate surface area is 170 Å². The summed E-state index contributed by atoms with van der Waals surface area (Å²) in [6.07, 6.45) is 3.47. The fraction of sp³-hybridized carbons (Fsp3) is 0.938. The van der Waals surface area contributed by atoms with Crippen LogP contribution in [0.5, 0.6) is 0 Å². The van der Waals surface area contributed by atoms with Gasteiger partial charge in [0.1, 0.15) is 0 Å². The summed E-state index contributed by atoms with van der Waals surface area (Å²) in [5.41, 5.74) is 0. The molecule has 0 aliphatic carbocycles. The van der Waals surface area contributed by atoms with E-state index in [-0.39, 0.29) is 29.7 Å². The molecule has 0 radical (unpaired) electrons. The van der Waals surface area contributed by atoms with E-state index in [0.29, 0.717) is 44.8 Å². The van der Waals surface area contributed by atoms with E-state index in [1.165, 1.54) is 17.1 Å². The van der Waals surface area contributed by atoms with Crippen LogP contribution in [0.25, 0.3) is 0 Å². The summed E-state index contributed by atoms with van der Waals surface area (Å²) in [4.78, 5) is 4.17. The van der Waals surface area contributed by atoms with Crippen LogP contribution in [0.2, 0.25) is 0 Å². The number of nitrogens with zero attached hydrogens (tertiary/aromatic N) is 2. The molecule has 0 aromatic heterocycles. The molecular formula is C16H35IN4O3S. The van der Waals surface area contributed by atoms with Gasteiger partial charge in [-0.3, -0.25) is 4.99 Å². The van der Waals surface area contributed by atoms with Gasteiger partial charge in [0.15, 0.2) is 5.96 Å². The van der Waals surface area contributed by atoms with Crippen molar-refractivity contribution in [2.24, 2.45) is 10.9 Å². The van der Waals surface area contributed by atoms with Gasteiger partial charge < -0.3 is 15.4 Å². The van der Waals surface area contributed by atoms with Crippen LogP contribution >= 0.6 is 24.0 Å². The first-order valence-electron chi connectivity index (χ1n) is 8.88. The molecule has 0 saturated carbocycles. The van der Waals surface area contributed by atoms with Gasteiger partial charge in [-0.2, -0.15) is 4.31 Å². The molecule has 1 unspecified atom stereocenters. The predicted molar refractivity (Wildman–Crippen MR) is 114 cm³/mol. The standard InChI is InChI=1S/C16H34N4O3S.HI/c1-14(2)6-5-7-15(3)19-16(17-4)18-8-13-24(21,22)20-9-11-23-12-10-20;/h14-15H,5-13H2,1-4H3,(H2,17,18,19);1H. The van der Waals surface area contributed by atoms with Crippen molar-refractivity contribution in [1.82, 2.24) is 14.9 Å². The van der Waals surface area contributed by atoms with E-state index in [2.05, 4.69) is 36.4 Å². The van der Waals surface area contributed by atoms with Gasteiger partial charge in [0.05, 0.1) is 19.0 Å². The zero-order valence-corrected chi connectivity index (χ0v) is 19.1. The van der Waals surface area contributed by atoms with E-state index < -0.39 is 10.0 Å². The Kier molecular flexibility index (Phi) is 13.0. The third-order valence-electron chi connectivity index (χ3n) is 4.04. The number of hydrogen-bond acceptors (Lipinski definition) is 4. The van der Waals surface area contributed by atoms with E-state index in [0.717, 1.165) is 12.3 Å². The van der Waals surface area contributed by atoms with E-state index in [1.54, 1.807) is 7.05 Å². The summed E-state index contributed by atoms with van der Waals surface area (Å²) in [5, 5.41) is 6.41. The Morgan fingerprint density at radius 3 is 2.40 bits per heavy atom. The lowest BCUT2D eigenvalue weighted by Crippen LogP contribution is -2.46. The molecule has 1 heterocycles. The fourth-order valence-electron chi connectivity index (χ4n) is 2.58. The number of nitrogens with one attached hydrogen (secondary N) is 2. The first-order chi connectivity index (χ1) is 11.3. The van der Waals surface area contributed by atoms with Gasteiger partial charge in [0.2, 0.25) is 10.0 Å². The third-order valence-corrected chi connectivity index (χ3v) is 5.91. The van der Waals surface area contributed by atoms with E-state index in [9.17, 15) is 8.42 Å². The molecule has 0 aromatic carbocycles. The van der Waals surface area contributed by atoms with Crippen molar-refractivity contribution in [2.45, 2.75) is 46.1 Å². The van der Waals surface area contributed by atoms with Crippen molar-refractivity contribution in [1.29, 1.82) is 0 Å². The minimum absolute atomic E-state index is 0. The lowest BCUT2D eigenvalue weighted by Gasteiger charge is -2.26. The molecule has 2 N–H and O–H groups in total. The molecular weight excluding hydrogens is 455 g/mol. The van der Waals surface area contributed by atoms with Crippen LogP contribution in [-0.2, 0) is 14.8 Å².